The van der Waals surface area contributed by atoms with Crippen LogP contribution in [0.4, 0.5) is 0 Å². The van der Waals surface area contributed by atoms with E-state index in [0.29, 0.717) is 11.7 Å². The summed E-state index contributed by atoms with van der Waals surface area (Å²) in [4.78, 5) is 6.95. The topological polar surface area (TPSA) is 54.2 Å². The molecule has 118 valence electrons. The summed E-state index contributed by atoms with van der Waals surface area (Å²) >= 11 is 3.46. The van der Waals surface area contributed by atoms with Crippen molar-refractivity contribution in [2.75, 3.05) is 26.2 Å². The van der Waals surface area contributed by atoms with Crippen LogP contribution in [0.5, 0.6) is 0 Å². The Balaban J connectivity index is 0.00000144. The molecule has 0 unspecified atom stereocenters. The highest BCUT2D eigenvalue weighted by Crippen LogP contribution is 2.27. The zero-order valence-electron chi connectivity index (χ0n) is 12.0. The Kier molecular flexibility index (Phi) is 4.82. The molecule has 2 aliphatic heterocycles. The van der Waals surface area contributed by atoms with E-state index in [-0.39, 0.29) is 12.4 Å². The van der Waals surface area contributed by atoms with Crippen LogP contribution in [0.2, 0.25) is 0 Å². The molecule has 22 heavy (non-hydrogen) atoms. The molecule has 4 rings (SSSR count). The van der Waals surface area contributed by atoms with Crippen molar-refractivity contribution in [2.24, 2.45) is 11.8 Å². The van der Waals surface area contributed by atoms with Crippen molar-refractivity contribution >= 4 is 28.3 Å². The number of likely N-dealkylation sites (tertiary alicyclic amines) is 1. The summed E-state index contributed by atoms with van der Waals surface area (Å²) in [6, 6.07) is 7.96. The maximum absolute atomic E-state index is 5.41. The summed E-state index contributed by atoms with van der Waals surface area (Å²) in [5.41, 5.74) is 0.974. The van der Waals surface area contributed by atoms with Gasteiger partial charge in [-0.3, -0.25) is 4.90 Å². The minimum absolute atomic E-state index is 0. The van der Waals surface area contributed by atoms with Crippen molar-refractivity contribution in [1.82, 2.24) is 20.4 Å². The van der Waals surface area contributed by atoms with Crippen LogP contribution in [0.25, 0.3) is 11.4 Å². The maximum Gasteiger partial charge on any atom is 0.241 e. The van der Waals surface area contributed by atoms with Crippen LogP contribution in [0.1, 0.15) is 5.89 Å². The number of aromatic nitrogens is 2. The number of hydrogen-bond donors (Lipinski definition) is 1. The highest BCUT2D eigenvalue weighted by molar-refractivity contribution is 9.10. The maximum atomic E-state index is 5.41. The monoisotopic (exact) mass is 384 g/mol. The van der Waals surface area contributed by atoms with E-state index >= 15 is 0 Å². The number of fused-ring (bicyclic) bond motifs is 1. The molecule has 3 heterocycles. The fourth-order valence-corrected chi connectivity index (χ4v) is 3.74. The Morgan fingerprint density at radius 3 is 2.77 bits per heavy atom. The molecule has 1 N–H and O–H groups in total. The van der Waals surface area contributed by atoms with E-state index in [1.54, 1.807) is 0 Å². The molecule has 0 aliphatic carbocycles. The number of rotatable bonds is 3. The number of nitrogens with zero attached hydrogens (tertiary/aromatic N) is 3. The van der Waals surface area contributed by atoms with E-state index in [0.717, 1.165) is 54.6 Å². The van der Waals surface area contributed by atoms with Crippen molar-refractivity contribution < 1.29 is 4.52 Å². The van der Waals surface area contributed by atoms with Crippen molar-refractivity contribution in [2.45, 2.75) is 6.54 Å². The van der Waals surface area contributed by atoms with Gasteiger partial charge < -0.3 is 9.84 Å². The van der Waals surface area contributed by atoms with Gasteiger partial charge in [0.25, 0.3) is 0 Å². The van der Waals surface area contributed by atoms with Gasteiger partial charge in [0.2, 0.25) is 11.7 Å². The molecule has 1 aromatic heterocycles. The quantitative estimate of drug-likeness (QED) is 0.880. The molecule has 2 aliphatic rings. The van der Waals surface area contributed by atoms with Gasteiger partial charge in [0.1, 0.15) is 0 Å². The number of nitrogens with one attached hydrogen (secondary N) is 1. The molecular weight excluding hydrogens is 368 g/mol. The molecule has 0 radical (unpaired) electrons. The minimum atomic E-state index is 0. The van der Waals surface area contributed by atoms with E-state index in [4.69, 9.17) is 4.52 Å². The minimum Gasteiger partial charge on any atom is -0.338 e. The van der Waals surface area contributed by atoms with Crippen LogP contribution < -0.4 is 5.32 Å². The first kappa shape index (κ1) is 15.9. The summed E-state index contributed by atoms with van der Waals surface area (Å²) in [7, 11) is 0. The second-order valence-corrected chi connectivity index (χ2v) is 6.81. The van der Waals surface area contributed by atoms with Gasteiger partial charge in [0, 0.05) is 23.1 Å². The number of hydrogen-bond acceptors (Lipinski definition) is 5. The second kappa shape index (κ2) is 6.66. The van der Waals surface area contributed by atoms with E-state index in [2.05, 4.69) is 36.3 Å². The predicted molar refractivity (Wildman–Crippen MR) is 89.8 cm³/mol. The van der Waals surface area contributed by atoms with Crippen molar-refractivity contribution in [3.63, 3.8) is 0 Å². The van der Waals surface area contributed by atoms with Crippen molar-refractivity contribution in [1.29, 1.82) is 0 Å². The molecule has 1 aromatic carbocycles. The molecule has 0 spiro atoms. The largest absolute Gasteiger partial charge is 0.338 e. The van der Waals surface area contributed by atoms with Crippen LogP contribution in [0, 0.1) is 11.8 Å². The van der Waals surface area contributed by atoms with Gasteiger partial charge in [-0.15, -0.1) is 12.4 Å². The standard InChI is InChI=1S/C15H17BrN4O.ClH/c16-13-3-1-2-10(4-13)15-18-14(21-19-15)9-20-7-11-5-17-6-12(11)8-20;/h1-4,11-12,17H,5-9H2;1H/t11-,12+;. The zero-order chi connectivity index (χ0) is 14.2. The van der Waals surface area contributed by atoms with Crippen LogP contribution in [-0.4, -0.2) is 41.2 Å². The summed E-state index contributed by atoms with van der Waals surface area (Å²) in [5, 5.41) is 7.55. The first-order valence-electron chi connectivity index (χ1n) is 7.29. The third-order valence-corrected chi connectivity index (χ3v) is 4.87. The molecule has 0 bridgehead atoms. The summed E-state index contributed by atoms with van der Waals surface area (Å²) in [6.45, 7) is 5.31. The van der Waals surface area contributed by atoms with Crippen LogP contribution >= 0.6 is 28.3 Å². The third kappa shape index (κ3) is 3.20. The molecule has 2 saturated heterocycles. The highest BCUT2D eigenvalue weighted by Gasteiger charge is 2.36. The van der Waals surface area contributed by atoms with E-state index in [9.17, 15) is 0 Å². The average molecular weight is 386 g/mol. The lowest BCUT2D eigenvalue weighted by Gasteiger charge is -2.13. The smallest absolute Gasteiger partial charge is 0.241 e. The third-order valence-electron chi connectivity index (χ3n) is 4.37. The summed E-state index contributed by atoms with van der Waals surface area (Å²) in [6.07, 6.45) is 0. The van der Waals surface area contributed by atoms with Crippen LogP contribution in [0.15, 0.2) is 33.3 Å². The Labute approximate surface area is 144 Å². The SMILES string of the molecule is Brc1cccc(-c2noc(CN3C[C@H]4CNC[C@H]4C3)n2)c1.Cl. The normalized spacial score (nSPS) is 24.2. The zero-order valence-corrected chi connectivity index (χ0v) is 14.4. The first-order chi connectivity index (χ1) is 10.3. The Morgan fingerprint density at radius 1 is 1.27 bits per heavy atom. The van der Waals surface area contributed by atoms with Gasteiger partial charge in [0.15, 0.2) is 0 Å². The van der Waals surface area contributed by atoms with Gasteiger partial charge in [-0.2, -0.15) is 4.98 Å². The molecule has 5 nitrogen and oxygen atoms in total. The fraction of sp³-hybridized carbons (Fsp3) is 0.467. The van der Waals surface area contributed by atoms with Crippen molar-refractivity contribution in [3.8, 4) is 11.4 Å². The van der Waals surface area contributed by atoms with Crippen LogP contribution in [0.3, 0.4) is 0 Å². The average Bonchev–Trinajstić information content (AvgIpc) is 3.14. The van der Waals surface area contributed by atoms with Gasteiger partial charge in [-0.25, -0.2) is 0 Å². The van der Waals surface area contributed by atoms with E-state index < -0.39 is 0 Å². The van der Waals surface area contributed by atoms with Gasteiger partial charge in [0.05, 0.1) is 6.54 Å². The molecule has 2 fully saturated rings. The summed E-state index contributed by atoms with van der Waals surface area (Å²) < 4.78 is 6.43. The molecular formula is C15H18BrClN4O. The van der Waals surface area contributed by atoms with Crippen LogP contribution in [-0.2, 0) is 6.54 Å². The molecule has 7 heteroatoms. The number of halogens is 2. The number of benzene rings is 1. The van der Waals surface area contributed by atoms with Gasteiger partial charge in [-0.1, -0.05) is 33.2 Å². The predicted octanol–water partition coefficient (Wildman–Crippen LogP) is 2.57. The Morgan fingerprint density at radius 2 is 2.05 bits per heavy atom. The fourth-order valence-electron chi connectivity index (χ4n) is 3.34. The molecule has 0 amide bonds. The van der Waals surface area contributed by atoms with Crippen molar-refractivity contribution in [3.05, 3.63) is 34.6 Å². The van der Waals surface area contributed by atoms with E-state index in [1.165, 1.54) is 0 Å². The lowest BCUT2D eigenvalue weighted by atomic mass is 10.0. The van der Waals surface area contributed by atoms with Gasteiger partial charge in [-0.05, 0) is 37.1 Å². The molecule has 2 atom stereocenters. The Hall–Kier alpha value is -0.950. The second-order valence-electron chi connectivity index (χ2n) is 5.89. The van der Waals surface area contributed by atoms with E-state index in [1.807, 2.05) is 24.3 Å². The molecule has 2 aromatic rings. The highest BCUT2D eigenvalue weighted by atomic mass is 79.9. The summed E-state index contributed by atoms with van der Waals surface area (Å²) in [5.74, 6) is 2.94. The van der Waals surface area contributed by atoms with Gasteiger partial charge >= 0.3 is 0 Å². The lowest BCUT2D eigenvalue weighted by Crippen LogP contribution is -2.25. The lowest BCUT2D eigenvalue weighted by molar-refractivity contribution is 0.253. The Bertz CT molecular complexity index is 638. The first-order valence-corrected chi connectivity index (χ1v) is 8.09. The molecule has 0 saturated carbocycles.